The van der Waals surface area contributed by atoms with Crippen LogP contribution in [0.2, 0.25) is 0 Å². The largest absolute Gasteiger partial charge is 0.396 e. The molecule has 2 N–H and O–H groups in total. The van der Waals surface area contributed by atoms with Crippen molar-refractivity contribution in [3.8, 4) is 0 Å². The lowest BCUT2D eigenvalue weighted by molar-refractivity contribution is 0.101. The number of ketones is 1. The van der Waals surface area contributed by atoms with Crippen molar-refractivity contribution in [2.24, 2.45) is 5.92 Å². The lowest BCUT2D eigenvalue weighted by Gasteiger charge is -2.34. The van der Waals surface area contributed by atoms with Crippen LogP contribution in [0.1, 0.15) is 23.2 Å². The van der Waals surface area contributed by atoms with Crippen molar-refractivity contribution < 1.29 is 18.3 Å². The SMILES string of the molecule is O=C(CS(=O)(=O)NC1CC(CO)C1)c1ccccc1. The summed E-state index contributed by atoms with van der Waals surface area (Å²) in [4.78, 5) is 11.8. The van der Waals surface area contributed by atoms with Crippen LogP contribution in [0.4, 0.5) is 0 Å². The predicted molar refractivity (Wildman–Crippen MR) is 71.3 cm³/mol. The number of hydrogen-bond donors (Lipinski definition) is 2. The quantitative estimate of drug-likeness (QED) is 0.747. The summed E-state index contributed by atoms with van der Waals surface area (Å²) in [5.41, 5.74) is 0.398. The van der Waals surface area contributed by atoms with Gasteiger partial charge in [0.1, 0.15) is 5.75 Å². The topological polar surface area (TPSA) is 83.5 Å². The Morgan fingerprint density at radius 3 is 2.47 bits per heavy atom. The normalized spacial score (nSPS) is 22.8. The molecule has 1 saturated carbocycles. The van der Waals surface area contributed by atoms with Gasteiger partial charge in [0.05, 0.1) is 0 Å². The first-order valence-corrected chi connectivity index (χ1v) is 7.84. The average Bonchev–Trinajstić information content (AvgIpc) is 2.34. The number of aliphatic hydroxyl groups excluding tert-OH is 1. The fourth-order valence-electron chi connectivity index (χ4n) is 2.16. The highest BCUT2D eigenvalue weighted by Gasteiger charge is 2.32. The lowest BCUT2D eigenvalue weighted by Crippen LogP contribution is -2.46. The second-order valence-corrected chi connectivity index (χ2v) is 6.64. The number of Topliss-reactive ketones (excluding diaryl/α,β-unsaturated/α-hetero) is 1. The van der Waals surface area contributed by atoms with Gasteiger partial charge in [0, 0.05) is 18.2 Å². The smallest absolute Gasteiger partial charge is 0.219 e. The minimum Gasteiger partial charge on any atom is -0.396 e. The Morgan fingerprint density at radius 1 is 1.26 bits per heavy atom. The van der Waals surface area contributed by atoms with Crippen molar-refractivity contribution in [1.82, 2.24) is 4.72 Å². The maximum absolute atomic E-state index is 11.8. The van der Waals surface area contributed by atoms with Gasteiger partial charge < -0.3 is 5.11 Å². The van der Waals surface area contributed by atoms with E-state index in [1.54, 1.807) is 30.3 Å². The lowest BCUT2D eigenvalue weighted by atomic mass is 9.82. The molecule has 0 heterocycles. The van der Waals surface area contributed by atoms with Gasteiger partial charge in [-0.2, -0.15) is 0 Å². The Balaban J connectivity index is 1.89. The molecule has 104 valence electrons. The Morgan fingerprint density at radius 2 is 1.89 bits per heavy atom. The molecule has 0 unspecified atom stereocenters. The van der Waals surface area contributed by atoms with Crippen molar-refractivity contribution in [2.45, 2.75) is 18.9 Å². The molecule has 19 heavy (non-hydrogen) atoms. The number of carbonyl (C=O) groups excluding carboxylic acids is 1. The van der Waals surface area contributed by atoms with Crippen molar-refractivity contribution in [3.63, 3.8) is 0 Å². The molecule has 0 aliphatic heterocycles. The first kappa shape index (κ1) is 14.2. The Labute approximate surface area is 112 Å². The number of rotatable bonds is 6. The highest BCUT2D eigenvalue weighted by Crippen LogP contribution is 2.27. The summed E-state index contributed by atoms with van der Waals surface area (Å²) in [7, 11) is -3.60. The van der Waals surface area contributed by atoms with Crippen LogP contribution >= 0.6 is 0 Å². The number of carbonyl (C=O) groups is 1. The number of benzene rings is 1. The van der Waals surface area contributed by atoms with Gasteiger partial charge in [0.2, 0.25) is 10.0 Å². The maximum Gasteiger partial charge on any atom is 0.219 e. The number of nitrogens with one attached hydrogen (secondary N) is 1. The van der Waals surface area contributed by atoms with Crippen LogP contribution in [0.15, 0.2) is 30.3 Å². The van der Waals surface area contributed by atoms with Gasteiger partial charge in [-0.1, -0.05) is 30.3 Å². The molecule has 2 rings (SSSR count). The van der Waals surface area contributed by atoms with Crippen molar-refractivity contribution in [3.05, 3.63) is 35.9 Å². The van der Waals surface area contributed by atoms with E-state index in [1.807, 2.05) is 0 Å². The standard InChI is InChI=1S/C13H17NO4S/c15-8-10-6-12(7-10)14-19(17,18)9-13(16)11-4-2-1-3-5-11/h1-5,10,12,14-15H,6-9H2. The zero-order valence-electron chi connectivity index (χ0n) is 10.5. The van der Waals surface area contributed by atoms with E-state index in [4.69, 9.17) is 5.11 Å². The van der Waals surface area contributed by atoms with Gasteiger partial charge in [0.15, 0.2) is 5.78 Å². The number of hydrogen-bond acceptors (Lipinski definition) is 4. The zero-order valence-corrected chi connectivity index (χ0v) is 11.3. The van der Waals surface area contributed by atoms with Crippen LogP contribution in [0.25, 0.3) is 0 Å². The van der Waals surface area contributed by atoms with E-state index in [2.05, 4.69) is 4.72 Å². The van der Waals surface area contributed by atoms with Crippen LogP contribution < -0.4 is 4.72 Å². The maximum atomic E-state index is 11.8. The molecule has 1 aromatic rings. The Kier molecular flexibility index (Phi) is 4.34. The van der Waals surface area contributed by atoms with E-state index in [1.165, 1.54) is 0 Å². The minimum atomic E-state index is -3.60. The van der Waals surface area contributed by atoms with Crippen molar-refractivity contribution >= 4 is 15.8 Å². The molecule has 0 amide bonds. The summed E-state index contributed by atoms with van der Waals surface area (Å²) in [6.07, 6.45) is 1.27. The summed E-state index contributed by atoms with van der Waals surface area (Å²) < 4.78 is 26.1. The average molecular weight is 283 g/mol. The van der Waals surface area contributed by atoms with Gasteiger partial charge in [-0.3, -0.25) is 4.79 Å². The van der Waals surface area contributed by atoms with Gasteiger partial charge >= 0.3 is 0 Å². The molecule has 0 radical (unpaired) electrons. The summed E-state index contributed by atoms with van der Waals surface area (Å²) in [5.74, 6) is -0.763. The Hall–Kier alpha value is -1.24. The van der Waals surface area contributed by atoms with Gasteiger partial charge in [-0.05, 0) is 18.8 Å². The molecular formula is C13H17NO4S. The fourth-order valence-corrected chi connectivity index (χ4v) is 3.45. The van der Waals surface area contributed by atoms with Crippen LogP contribution in [0.3, 0.4) is 0 Å². The third kappa shape index (κ3) is 3.86. The van der Waals surface area contributed by atoms with Gasteiger partial charge in [0.25, 0.3) is 0 Å². The van der Waals surface area contributed by atoms with E-state index in [9.17, 15) is 13.2 Å². The van der Waals surface area contributed by atoms with Crippen LogP contribution in [-0.4, -0.2) is 37.7 Å². The van der Waals surface area contributed by atoms with Crippen LogP contribution in [-0.2, 0) is 10.0 Å². The summed E-state index contributed by atoms with van der Waals surface area (Å²) >= 11 is 0. The first-order valence-electron chi connectivity index (χ1n) is 6.19. The number of aliphatic hydroxyl groups is 1. The van der Waals surface area contributed by atoms with E-state index < -0.39 is 21.6 Å². The summed E-state index contributed by atoms with van der Waals surface area (Å²) in [6.45, 7) is 0.0845. The van der Waals surface area contributed by atoms with Crippen LogP contribution in [0, 0.1) is 5.92 Å². The monoisotopic (exact) mass is 283 g/mol. The zero-order chi connectivity index (χ0) is 13.9. The second kappa shape index (κ2) is 5.81. The fraction of sp³-hybridized carbons (Fsp3) is 0.462. The van der Waals surface area contributed by atoms with Crippen LogP contribution in [0.5, 0.6) is 0 Å². The molecule has 1 aromatic carbocycles. The summed E-state index contributed by atoms with van der Waals surface area (Å²) in [6, 6.07) is 8.22. The third-order valence-corrected chi connectivity index (χ3v) is 4.59. The van der Waals surface area contributed by atoms with E-state index in [-0.39, 0.29) is 18.6 Å². The molecule has 0 saturated heterocycles. The minimum absolute atomic E-state index is 0.0845. The molecule has 6 heteroatoms. The highest BCUT2D eigenvalue weighted by molar-refractivity contribution is 7.90. The number of sulfonamides is 1. The first-order chi connectivity index (χ1) is 9.00. The molecule has 0 aromatic heterocycles. The molecule has 5 nitrogen and oxygen atoms in total. The Bertz CT molecular complexity index is 535. The highest BCUT2D eigenvalue weighted by atomic mass is 32.2. The summed E-state index contributed by atoms with van der Waals surface area (Å²) in [5, 5.41) is 8.86. The van der Waals surface area contributed by atoms with E-state index in [0.717, 1.165) is 0 Å². The predicted octanol–water partition coefficient (Wildman–Crippen LogP) is 0.560. The molecular weight excluding hydrogens is 266 g/mol. The molecule has 0 atom stereocenters. The molecule has 1 aliphatic rings. The van der Waals surface area contributed by atoms with E-state index >= 15 is 0 Å². The van der Waals surface area contributed by atoms with Crippen molar-refractivity contribution in [1.29, 1.82) is 0 Å². The van der Waals surface area contributed by atoms with Gasteiger partial charge in [-0.15, -0.1) is 0 Å². The van der Waals surface area contributed by atoms with Gasteiger partial charge in [-0.25, -0.2) is 13.1 Å². The van der Waals surface area contributed by atoms with Crippen molar-refractivity contribution in [2.75, 3.05) is 12.4 Å². The molecule has 0 spiro atoms. The molecule has 0 bridgehead atoms. The second-order valence-electron chi connectivity index (χ2n) is 4.88. The van der Waals surface area contributed by atoms with E-state index in [0.29, 0.717) is 18.4 Å². The third-order valence-electron chi connectivity index (χ3n) is 3.26. The molecule has 1 aliphatic carbocycles. The molecule has 1 fully saturated rings.